The lowest BCUT2D eigenvalue weighted by molar-refractivity contribution is 0.147. The van der Waals surface area contributed by atoms with Crippen molar-refractivity contribution >= 4 is 15.9 Å². The van der Waals surface area contributed by atoms with Crippen molar-refractivity contribution in [3.05, 3.63) is 33.9 Å². The van der Waals surface area contributed by atoms with Crippen molar-refractivity contribution in [2.75, 3.05) is 0 Å². The van der Waals surface area contributed by atoms with Crippen molar-refractivity contribution in [2.24, 2.45) is 0 Å². The normalized spacial score (nSPS) is 13.3. The Hall–Kier alpha value is -0.440. The quantitative estimate of drug-likeness (QED) is 0.692. The zero-order chi connectivity index (χ0) is 11.7. The highest BCUT2D eigenvalue weighted by Gasteiger charge is 2.23. The van der Waals surface area contributed by atoms with E-state index in [9.17, 15) is 8.78 Å². The Bertz CT molecular complexity index is 346. The fourth-order valence-electron chi connectivity index (χ4n) is 1.79. The molecule has 0 spiro atoms. The second kappa shape index (κ2) is 4.60. The lowest BCUT2D eigenvalue weighted by Gasteiger charge is -2.19. The summed E-state index contributed by atoms with van der Waals surface area (Å²) in [5.41, 5.74) is 4.79. The molecule has 0 fully saturated rings. The van der Waals surface area contributed by atoms with Crippen LogP contribution in [0.4, 0.5) is 8.78 Å². The first kappa shape index (κ1) is 12.6. The average Bonchev–Trinajstić information content (AvgIpc) is 2.15. The van der Waals surface area contributed by atoms with Crippen molar-refractivity contribution in [3.63, 3.8) is 0 Å². The zero-order valence-corrected chi connectivity index (χ0v) is 11.0. The molecule has 0 nitrogen and oxygen atoms in total. The molecule has 0 heterocycles. The predicted molar refractivity (Wildman–Crippen MR) is 63.1 cm³/mol. The highest BCUT2D eigenvalue weighted by molar-refractivity contribution is 9.09. The van der Waals surface area contributed by atoms with Crippen LogP contribution in [0.15, 0.2) is 6.07 Å². The van der Waals surface area contributed by atoms with Crippen molar-refractivity contribution in [3.8, 4) is 0 Å². The van der Waals surface area contributed by atoms with E-state index in [2.05, 4.69) is 15.9 Å². The summed E-state index contributed by atoms with van der Waals surface area (Å²) in [7, 11) is 0. The third kappa shape index (κ3) is 2.39. The first-order chi connectivity index (χ1) is 6.86. The summed E-state index contributed by atoms with van der Waals surface area (Å²) in [4.78, 5) is -0.865. The van der Waals surface area contributed by atoms with E-state index in [1.54, 1.807) is 0 Å². The Morgan fingerprint density at radius 2 is 1.40 bits per heavy atom. The number of benzene rings is 1. The summed E-state index contributed by atoms with van der Waals surface area (Å²) in [6.07, 6.45) is -2.37. The molecule has 0 aliphatic heterocycles. The van der Waals surface area contributed by atoms with Gasteiger partial charge >= 0.3 is 0 Å². The van der Waals surface area contributed by atoms with E-state index in [1.807, 2.05) is 33.8 Å². The molecule has 3 heteroatoms. The van der Waals surface area contributed by atoms with Crippen LogP contribution in [-0.4, -0.2) is 6.43 Å². The molecule has 0 radical (unpaired) electrons. The molecule has 0 amide bonds. The van der Waals surface area contributed by atoms with Crippen LogP contribution in [0.1, 0.15) is 32.6 Å². The summed E-state index contributed by atoms with van der Waals surface area (Å²) < 4.78 is 25.4. The fourth-order valence-corrected chi connectivity index (χ4v) is 2.47. The maximum Gasteiger partial charge on any atom is 0.255 e. The second-order valence-corrected chi connectivity index (χ2v) is 4.90. The molecule has 1 rings (SSSR count). The molecule has 0 saturated carbocycles. The van der Waals surface area contributed by atoms with Gasteiger partial charge in [0.25, 0.3) is 6.43 Å². The summed E-state index contributed by atoms with van der Waals surface area (Å²) in [5, 5.41) is 0. The summed E-state index contributed by atoms with van der Waals surface area (Å²) >= 11 is 3.07. The third-order valence-electron chi connectivity index (χ3n) is 2.92. The van der Waals surface area contributed by atoms with Gasteiger partial charge in [-0.1, -0.05) is 22.0 Å². The molecule has 0 N–H and O–H groups in total. The van der Waals surface area contributed by atoms with Gasteiger partial charge in [0.15, 0.2) is 0 Å². The highest BCUT2D eigenvalue weighted by Crippen LogP contribution is 2.36. The number of alkyl halides is 3. The van der Waals surface area contributed by atoms with Gasteiger partial charge in [-0.05, 0) is 55.5 Å². The summed E-state index contributed by atoms with van der Waals surface area (Å²) in [6.45, 7) is 7.70. The van der Waals surface area contributed by atoms with Crippen LogP contribution in [0.5, 0.6) is 0 Å². The lowest BCUT2D eigenvalue weighted by atomic mass is 9.92. The lowest BCUT2D eigenvalue weighted by Crippen LogP contribution is -2.08. The number of aryl methyl sites for hydroxylation is 2. The van der Waals surface area contributed by atoms with Crippen LogP contribution >= 0.6 is 15.9 Å². The molecule has 1 aromatic rings. The van der Waals surface area contributed by atoms with Gasteiger partial charge < -0.3 is 0 Å². The molecule has 84 valence electrons. The maximum absolute atomic E-state index is 12.7. The Morgan fingerprint density at radius 3 is 1.73 bits per heavy atom. The Balaban J connectivity index is 3.39. The summed E-state index contributed by atoms with van der Waals surface area (Å²) in [5.74, 6) is 0. The van der Waals surface area contributed by atoms with E-state index in [-0.39, 0.29) is 0 Å². The molecular weight excluding hydrogens is 262 g/mol. The van der Waals surface area contributed by atoms with E-state index in [4.69, 9.17) is 0 Å². The number of hydrogen-bond acceptors (Lipinski definition) is 0. The third-order valence-corrected chi connectivity index (χ3v) is 3.78. The highest BCUT2D eigenvalue weighted by atomic mass is 79.9. The van der Waals surface area contributed by atoms with Crippen molar-refractivity contribution in [1.29, 1.82) is 0 Å². The molecule has 1 unspecified atom stereocenters. The van der Waals surface area contributed by atoms with Crippen molar-refractivity contribution in [2.45, 2.75) is 38.9 Å². The maximum atomic E-state index is 12.7. The molecule has 0 saturated heterocycles. The van der Waals surface area contributed by atoms with Gasteiger partial charge in [0, 0.05) is 0 Å². The van der Waals surface area contributed by atoms with Gasteiger partial charge in [0.1, 0.15) is 4.83 Å². The first-order valence-electron chi connectivity index (χ1n) is 4.85. The van der Waals surface area contributed by atoms with Gasteiger partial charge in [0.2, 0.25) is 0 Å². The predicted octanol–water partition coefficient (Wildman–Crippen LogP) is 4.62. The Morgan fingerprint density at radius 1 is 1.00 bits per heavy atom. The van der Waals surface area contributed by atoms with Gasteiger partial charge in [-0.15, -0.1) is 0 Å². The van der Waals surface area contributed by atoms with E-state index >= 15 is 0 Å². The van der Waals surface area contributed by atoms with Crippen LogP contribution in [0.2, 0.25) is 0 Å². The van der Waals surface area contributed by atoms with Crippen LogP contribution in [0.25, 0.3) is 0 Å². The largest absolute Gasteiger partial charge is 0.255 e. The van der Waals surface area contributed by atoms with Gasteiger partial charge in [-0.25, -0.2) is 8.78 Å². The standard InChI is InChI=1S/C12H15BrF2/c1-6-5-7(2)9(4)10(8(6)3)11(13)12(14)15/h5,11-12H,1-4H3. The monoisotopic (exact) mass is 276 g/mol. The zero-order valence-electron chi connectivity index (χ0n) is 9.37. The molecule has 1 atom stereocenters. The molecule has 15 heavy (non-hydrogen) atoms. The SMILES string of the molecule is Cc1cc(C)c(C)c(C(Br)C(F)F)c1C. The number of hydrogen-bond donors (Lipinski definition) is 0. The minimum atomic E-state index is -2.37. The minimum absolute atomic E-state index is 0.738. The first-order valence-corrected chi connectivity index (χ1v) is 5.77. The number of halogens is 3. The summed E-state index contributed by atoms with van der Waals surface area (Å²) in [6, 6.07) is 2.04. The molecule has 0 aliphatic rings. The van der Waals surface area contributed by atoms with Crippen LogP contribution in [0.3, 0.4) is 0 Å². The molecule has 0 aliphatic carbocycles. The molecule has 0 aromatic heterocycles. The second-order valence-electron chi connectivity index (χ2n) is 3.91. The molecule has 1 aromatic carbocycles. The Kier molecular flexibility index (Phi) is 3.87. The number of rotatable bonds is 2. The van der Waals surface area contributed by atoms with Gasteiger partial charge in [-0.3, -0.25) is 0 Å². The van der Waals surface area contributed by atoms with E-state index in [1.165, 1.54) is 0 Å². The van der Waals surface area contributed by atoms with Crippen molar-refractivity contribution in [1.82, 2.24) is 0 Å². The molecule has 0 bridgehead atoms. The van der Waals surface area contributed by atoms with Gasteiger partial charge in [-0.2, -0.15) is 0 Å². The Labute approximate surface area is 97.8 Å². The van der Waals surface area contributed by atoms with E-state index < -0.39 is 11.3 Å². The van der Waals surface area contributed by atoms with Crippen LogP contribution < -0.4 is 0 Å². The topological polar surface area (TPSA) is 0 Å². The van der Waals surface area contributed by atoms with E-state index in [0.717, 1.165) is 27.8 Å². The average molecular weight is 277 g/mol. The smallest absolute Gasteiger partial charge is 0.209 e. The van der Waals surface area contributed by atoms with Gasteiger partial charge in [0.05, 0.1) is 0 Å². The van der Waals surface area contributed by atoms with Crippen LogP contribution in [0, 0.1) is 27.7 Å². The van der Waals surface area contributed by atoms with Crippen molar-refractivity contribution < 1.29 is 8.78 Å². The minimum Gasteiger partial charge on any atom is -0.209 e. The fraction of sp³-hybridized carbons (Fsp3) is 0.500. The van der Waals surface area contributed by atoms with E-state index in [0.29, 0.717) is 0 Å². The molecular formula is C12H15BrF2. The van der Waals surface area contributed by atoms with Crippen LogP contribution in [-0.2, 0) is 0 Å².